The van der Waals surface area contributed by atoms with Crippen LogP contribution in [0.5, 0.6) is 11.5 Å². The molecule has 11 heteroatoms. The molecule has 1 aromatic heterocycles. The molecule has 31 heavy (non-hydrogen) atoms. The number of nitrogens with zero attached hydrogens (tertiary/aromatic N) is 3. The number of carbonyl (C=O) groups is 1. The summed E-state index contributed by atoms with van der Waals surface area (Å²) in [5, 5.41) is 14.7. The lowest BCUT2D eigenvalue weighted by atomic mass is 10.1. The highest BCUT2D eigenvalue weighted by Gasteiger charge is 2.24. The van der Waals surface area contributed by atoms with Gasteiger partial charge in [0, 0.05) is 36.9 Å². The molecule has 1 amide bonds. The second-order valence-electron chi connectivity index (χ2n) is 7.00. The fraction of sp³-hybridized carbons (Fsp3) is 0.300. The monoisotopic (exact) mass is 442 g/mol. The maximum atomic E-state index is 12.8. The van der Waals surface area contributed by atoms with Gasteiger partial charge in [-0.15, -0.1) is 0 Å². The van der Waals surface area contributed by atoms with Crippen LogP contribution in [0, 0.1) is 10.1 Å². The molecule has 0 atom stereocenters. The van der Waals surface area contributed by atoms with Crippen LogP contribution in [0.25, 0.3) is 10.2 Å². The Kier molecular flexibility index (Phi) is 5.04. The fourth-order valence-corrected chi connectivity index (χ4v) is 4.44. The topological polar surface area (TPSA) is 116 Å². The molecule has 5 rings (SSSR count). The first-order valence-corrected chi connectivity index (χ1v) is 10.5. The summed E-state index contributed by atoms with van der Waals surface area (Å²) >= 11 is 1.29. The Balaban J connectivity index is 1.39. The van der Waals surface area contributed by atoms with Crippen molar-refractivity contribution in [1.82, 2.24) is 4.98 Å². The lowest BCUT2D eigenvalue weighted by Crippen LogP contribution is -2.36. The number of anilines is 2. The van der Waals surface area contributed by atoms with Crippen LogP contribution in [0.2, 0.25) is 0 Å². The second-order valence-corrected chi connectivity index (χ2v) is 8.03. The van der Waals surface area contributed by atoms with Crippen molar-refractivity contribution < 1.29 is 23.9 Å². The Morgan fingerprint density at radius 3 is 2.58 bits per heavy atom. The number of hydrogen-bond acceptors (Lipinski definition) is 9. The first kappa shape index (κ1) is 19.5. The third-order valence-corrected chi connectivity index (χ3v) is 5.99. The van der Waals surface area contributed by atoms with E-state index < -0.39 is 10.8 Å². The van der Waals surface area contributed by atoms with Crippen molar-refractivity contribution in [2.45, 2.75) is 0 Å². The summed E-state index contributed by atoms with van der Waals surface area (Å²) in [6.07, 6.45) is 0. The van der Waals surface area contributed by atoms with E-state index in [1.165, 1.54) is 17.4 Å². The van der Waals surface area contributed by atoms with E-state index in [0.29, 0.717) is 67.4 Å². The zero-order chi connectivity index (χ0) is 21.4. The summed E-state index contributed by atoms with van der Waals surface area (Å²) in [6, 6.07) is 8.10. The van der Waals surface area contributed by atoms with Gasteiger partial charge in [-0.1, -0.05) is 11.3 Å². The van der Waals surface area contributed by atoms with Gasteiger partial charge in [-0.2, -0.15) is 0 Å². The van der Waals surface area contributed by atoms with Crippen molar-refractivity contribution in [2.75, 3.05) is 49.7 Å². The van der Waals surface area contributed by atoms with E-state index in [4.69, 9.17) is 14.2 Å². The normalized spacial score (nSPS) is 15.7. The Labute approximate surface area is 180 Å². The molecule has 2 aliphatic rings. The summed E-state index contributed by atoms with van der Waals surface area (Å²) in [4.78, 5) is 30.2. The first-order valence-electron chi connectivity index (χ1n) is 9.71. The van der Waals surface area contributed by atoms with E-state index in [1.807, 2.05) is 11.0 Å². The largest absolute Gasteiger partial charge is 0.486 e. The van der Waals surface area contributed by atoms with Crippen molar-refractivity contribution >= 4 is 44.0 Å². The van der Waals surface area contributed by atoms with E-state index in [1.54, 1.807) is 18.2 Å². The van der Waals surface area contributed by atoms with Crippen LogP contribution in [0.1, 0.15) is 10.4 Å². The molecule has 0 bridgehead atoms. The average molecular weight is 442 g/mol. The van der Waals surface area contributed by atoms with E-state index in [0.717, 1.165) is 4.70 Å². The number of carbonyl (C=O) groups excluding carboxylic acids is 1. The van der Waals surface area contributed by atoms with Gasteiger partial charge in [0.05, 0.1) is 28.4 Å². The molecule has 0 aliphatic carbocycles. The zero-order valence-corrected chi connectivity index (χ0v) is 17.1. The van der Waals surface area contributed by atoms with Crippen molar-refractivity contribution in [1.29, 1.82) is 0 Å². The van der Waals surface area contributed by atoms with E-state index in [2.05, 4.69) is 10.3 Å². The molecule has 1 fully saturated rings. The van der Waals surface area contributed by atoms with Gasteiger partial charge >= 0.3 is 0 Å². The van der Waals surface area contributed by atoms with Crippen molar-refractivity contribution in [3.63, 3.8) is 0 Å². The summed E-state index contributed by atoms with van der Waals surface area (Å²) in [6.45, 7) is 3.11. The Morgan fingerprint density at radius 1 is 1.10 bits per heavy atom. The van der Waals surface area contributed by atoms with E-state index in [9.17, 15) is 14.9 Å². The Morgan fingerprint density at radius 2 is 1.84 bits per heavy atom. The van der Waals surface area contributed by atoms with E-state index >= 15 is 0 Å². The summed E-state index contributed by atoms with van der Waals surface area (Å²) in [5.74, 6) is 0.804. The zero-order valence-electron chi connectivity index (χ0n) is 16.3. The molecule has 2 aliphatic heterocycles. The number of hydrogen-bond donors (Lipinski definition) is 1. The highest BCUT2D eigenvalue weighted by Crippen LogP contribution is 2.38. The van der Waals surface area contributed by atoms with Gasteiger partial charge in [0.25, 0.3) is 11.6 Å². The summed E-state index contributed by atoms with van der Waals surface area (Å²) < 4.78 is 17.3. The van der Waals surface area contributed by atoms with Crippen molar-refractivity contribution in [2.24, 2.45) is 0 Å². The number of amides is 1. The van der Waals surface area contributed by atoms with Crippen LogP contribution in [-0.2, 0) is 4.74 Å². The number of nitrogens with one attached hydrogen (secondary N) is 1. The van der Waals surface area contributed by atoms with Gasteiger partial charge in [0.2, 0.25) is 0 Å². The highest BCUT2D eigenvalue weighted by atomic mass is 32.1. The molecule has 0 radical (unpaired) electrons. The van der Waals surface area contributed by atoms with Gasteiger partial charge in [0.1, 0.15) is 18.9 Å². The number of ether oxygens (including phenoxy) is 3. The minimum absolute atomic E-state index is 0.110. The summed E-state index contributed by atoms with van der Waals surface area (Å²) in [7, 11) is 0. The molecule has 2 aromatic carbocycles. The molecule has 1 N–H and O–H groups in total. The standard InChI is InChI=1S/C20H18N4O6S/c25-19(12-1-2-14(15(9-12)24(26)27)23-3-5-28-6-4-23)22-20-21-13-10-16-17(11-18(13)31-20)30-8-7-29-16/h1-2,9-11H,3-8H2,(H,21,22,25). The molecule has 0 unspecified atom stereocenters. The first-order chi connectivity index (χ1) is 15.1. The predicted molar refractivity (Wildman–Crippen MR) is 115 cm³/mol. The number of thiazole rings is 1. The molecule has 10 nitrogen and oxygen atoms in total. The number of nitro benzene ring substituents is 1. The summed E-state index contributed by atoms with van der Waals surface area (Å²) in [5.41, 5.74) is 1.24. The molecule has 160 valence electrons. The second kappa shape index (κ2) is 8.00. The van der Waals surface area contributed by atoms with Gasteiger partial charge in [-0.05, 0) is 12.1 Å². The molecule has 3 aromatic rings. The van der Waals surface area contributed by atoms with Crippen molar-refractivity contribution in [3.8, 4) is 11.5 Å². The Hall–Kier alpha value is -3.44. The quantitative estimate of drug-likeness (QED) is 0.484. The third-order valence-electron chi connectivity index (χ3n) is 5.06. The highest BCUT2D eigenvalue weighted by molar-refractivity contribution is 7.22. The van der Waals surface area contributed by atoms with Gasteiger partial charge < -0.3 is 19.1 Å². The van der Waals surface area contributed by atoms with Gasteiger partial charge in [-0.25, -0.2) is 4.98 Å². The minimum atomic E-state index is -0.468. The van der Waals surface area contributed by atoms with Gasteiger partial charge in [-0.3, -0.25) is 20.2 Å². The van der Waals surface area contributed by atoms with Crippen molar-refractivity contribution in [3.05, 3.63) is 46.0 Å². The molecule has 0 saturated carbocycles. The van der Waals surface area contributed by atoms with Gasteiger partial charge in [0.15, 0.2) is 16.6 Å². The maximum Gasteiger partial charge on any atom is 0.293 e. The molecular formula is C20H18N4O6S. The number of rotatable bonds is 4. The van der Waals surface area contributed by atoms with Crippen LogP contribution in [0.4, 0.5) is 16.5 Å². The average Bonchev–Trinajstić information content (AvgIpc) is 3.18. The molecule has 3 heterocycles. The SMILES string of the molecule is O=C(Nc1nc2cc3c(cc2s1)OCCO3)c1ccc(N2CCOCC2)c([N+](=O)[O-])c1. The van der Waals surface area contributed by atoms with Crippen LogP contribution >= 0.6 is 11.3 Å². The number of morpholine rings is 1. The minimum Gasteiger partial charge on any atom is -0.486 e. The van der Waals surface area contributed by atoms with E-state index in [-0.39, 0.29) is 11.3 Å². The lowest BCUT2D eigenvalue weighted by Gasteiger charge is -2.28. The lowest BCUT2D eigenvalue weighted by molar-refractivity contribution is -0.384. The number of fused-ring (bicyclic) bond motifs is 2. The number of benzene rings is 2. The Bertz CT molecular complexity index is 1130. The molecular weight excluding hydrogens is 424 g/mol. The fourth-order valence-electron chi connectivity index (χ4n) is 3.57. The maximum absolute atomic E-state index is 12.8. The van der Waals surface area contributed by atoms with Crippen LogP contribution in [0.3, 0.4) is 0 Å². The molecule has 1 saturated heterocycles. The van der Waals surface area contributed by atoms with Crippen LogP contribution in [0.15, 0.2) is 30.3 Å². The van der Waals surface area contributed by atoms with Crippen LogP contribution in [-0.4, -0.2) is 55.3 Å². The predicted octanol–water partition coefficient (Wildman–Crippen LogP) is 3.06. The number of nitro groups is 1. The third kappa shape index (κ3) is 3.84. The molecule has 0 spiro atoms. The van der Waals surface area contributed by atoms with Crippen LogP contribution < -0.4 is 19.7 Å². The smallest absolute Gasteiger partial charge is 0.293 e. The number of aromatic nitrogens is 1.